The Labute approximate surface area is 160 Å². The third-order valence-electron chi connectivity index (χ3n) is 4.73. The van der Waals surface area contributed by atoms with Crippen molar-refractivity contribution in [1.82, 2.24) is 5.32 Å². The van der Waals surface area contributed by atoms with Crippen molar-refractivity contribution in [2.24, 2.45) is 0 Å². The lowest BCUT2D eigenvalue weighted by Gasteiger charge is -2.09. The van der Waals surface area contributed by atoms with Gasteiger partial charge in [-0.15, -0.1) is 0 Å². The largest absolute Gasteiger partial charge is 0.497 e. The third-order valence-corrected chi connectivity index (χ3v) is 4.73. The molecule has 1 aliphatic carbocycles. The van der Waals surface area contributed by atoms with Gasteiger partial charge in [-0.25, -0.2) is 0 Å². The molecule has 4 heteroatoms. The molecular weight excluding hydrogens is 338 g/mol. The normalized spacial score (nSPS) is 12.9. The standard InChI is InChI=1S/C23H25NO3/c1-27-22-11-9-19-7-8-20(23(19)14-22)12-13-24-15-18-4-2-17(3-5-18)6-10-21(26)16-25/h2-6,8-11,14,24-25H,7,12-13,15-16H2,1H3/b10-6+. The Morgan fingerprint density at radius 3 is 2.78 bits per heavy atom. The van der Waals surface area contributed by atoms with Crippen molar-refractivity contribution in [3.05, 3.63) is 76.9 Å². The van der Waals surface area contributed by atoms with Gasteiger partial charge in [-0.2, -0.15) is 0 Å². The van der Waals surface area contributed by atoms with Crippen molar-refractivity contribution in [1.29, 1.82) is 0 Å². The zero-order valence-corrected chi connectivity index (χ0v) is 15.6. The first kappa shape index (κ1) is 19.1. The predicted molar refractivity (Wildman–Crippen MR) is 109 cm³/mol. The van der Waals surface area contributed by atoms with Crippen molar-refractivity contribution in [3.8, 4) is 5.75 Å². The van der Waals surface area contributed by atoms with E-state index >= 15 is 0 Å². The van der Waals surface area contributed by atoms with Crippen molar-refractivity contribution < 1.29 is 14.6 Å². The van der Waals surface area contributed by atoms with E-state index in [2.05, 4.69) is 23.5 Å². The minimum Gasteiger partial charge on any atom is -0.497 e. The topological polar surface area (TPSA) is 58.6 Å². The maximum atomic E-state index is 11.1. The number of carbonyl (C=O) groups excluding carboxylic acids is 1. The van der Waals surface area contributed by atoms with E-state index in [1.165, 1.54) is 28.3 Å². The second kappa shape index (κ2) is 9.31. The Bertz CT molecular complexity index is 850. The van der Waals surface area contributed by atoms with Gasteiger partial charge in [0.2, 0.25) is 0 Å². The van der Waals surface area contributed by atoms with E-state index in [0.717, 1.165) is 37.2 Å². The van der Waals surface area contributed by atoms with Gasteiger partial charge in [0, 0.05) is 6.54 Å². The molecule has 0 amide bonds. The van der Waals surface area contributed by atoms with Gasteiger partial charge in [0.25, 0.3) is 0 Å². The van der Waals surface area contributed by atoms with E-state index in [4.69, 9.17) is 9.84 Å². The van der Waals surface area contributed by atoms with Crippen molar-refractivity contribution >= 4 is 17.4 Å². The van der Waals surface area contributed by atoms with Crippen molar-refractivity contribution in [3.63, 3.8) is 0 Å². The summed E-state index contributed by atoms with van der Waals surface area (Å²) in [5, 5.41) is 12.2. The second-order valence-electron chi connectivity index (χ2n) is 6.58. The highest BCUT2D eigenvalue weighted by molar-refractivity contribution is 5.94. The summed E-state index contributed by atoms with van der Waals surface area (Å²) in [4.78, 5) is 11.1. The number of methoxy groups -OCH3 is 1. The van der Waals surface area contributed by atoms with Crippen LogP contribution >= 0.6 is 0 Å². The average molecular weight is 363 g/mol. The van der Waals surface area contributed by atoms with Crippen LogP contribution in [0.2, 0.25) is 0 Å². The number of allylic oxidation sites excluding steroid dienone is 1. The van der Waals surface area contributed by atoms with Crippen LogP contribution in [0.15, 0.2) is 54.6 Å². The van der Waals surface area contributed by atoms with Crippen molar-refractivity contribution in [2.45, 2.75) is 19.4 Å². The molecule has 0 aliphatic heterocycles. The molecule has 27 heavy (non-hydrogen) atoms. The molecule has 0 heterocycles. The zero-order chi connectivity index (χ0) is 19.1. The predicted octanol–water partition coefficient (Wildman–Crippen LogP) is 3.39. The lowest BCUT2D eigenvalue weighted by atomic mass is 10.0. The number of hydrogen-bond donors (Lipinski definition) is 2. The molecule has 0 unspecified atom stereocenters. The van der Waals surface area contributed by atoms with Gasteiger partial charge < -0.3 is 15.2 Å². The molecule has 3 rings (SSSR count). The summed E-state index contributed by atoms with van der Waals surface area (Å²) in [7, 11) is 1.70. The molecule has 0 aromatic heterocycles. The van der Waals surface area contributed by atoms with Crippen LogP contribution in [-0.2, 0) is 17.8 Å². The average Bonchev–Trinajstić information content (AvgIpc) is 3.12. The summed E-state index contributed by atoms with van der Waals surface area (Å²) in [6.07, 6.45) is 7.41. The number of ether oxygens (including phenoxy) is 1. The van der Waals surface area contributed by atoms with Crippen LogP contribution in [0.4, 0.5) is 0 Å². The quantitative estimate of drug-likeness (QED) is 0.530. The number of rotatable bonds is 9. The number of carbonyl (C=O) groups is 1. The number of ketones is 1. The highest BCUT2D eigenvalue weighted by Crippen LogP contribution is 2.32. The molecule has 0 bridgehead atoms. The zero-order valence-electron chi connectivity index (χ0n) is 15.6. The maximum absolute atomic E-state index is 11.1. The summed E-state index contributed by atoms with van der Waals surface area (Å²) < 4.78 is 5.34. The fourth-order valence-corrected chi connectivity index (χ4v) is 3.18. The van der Waals surface area contributed by atoms with Crippen LogP contribution in [-0.4, -0.2) is 31.2 Å². The lowest BCUT2D eigenvalue weighted by molar-refractivity contribution is -0.117. The van der Waals surface area contributed by atoms with Gasteiger partial charge in [0.05, 0.1) is 7.11 Å². The molecular formula is C23H25NO3. The highest BCUT2D eigenvalue weighted by Gasteiger charge is 2.14. The molecule has 0 fully saturated rings. The second-order valence-corrected chi connectivity index (χ2v) is 6.58. The minimum atomic E-state index is -0.452. The molecule has 0 saturated heterocycles. The summed E-state index contributed by atoms with van der Waals surface area (Å²) >= 11 is 0. The SMILES string of the molecule is COc1ccc2c(c1)C(CCNCc1ccc(/C=C/C(=O)CO)cc1)=CC2. The highest BCUT2D eigenvalue weighted by atomic mass is 16.5. The number of aliphatic hydroxyl groups is 1. The first-order chi connectivity index (χ1) is 13.2. The van der Waals surface area contributed by atoms with Crippen LogP contribution < -0.4 is 10.1 Å². The number of aliphatic hydroxyl groups excluding tert-OH is 1. The van der Waals surface area contributed by atoms with E-state index in [0.29, 0.717) is 0 Å². The van der Waals surface area contributed by atoms with Gasteiger partial charge >= 0.3 is 0 Å². The molecule has 140 valence electrons. The van der Waals surface area contributed by atoms with Crippen molar-refractivity contribution in [2.75, 3.05) is 20.3 Å². The van der Waals surface area contributed by atoms with E-state index in [-0.39, 0.29) is 5.78 Å². The van der Waals surface area contributed by atoms with Gasteiger partial charge in [0.15, 0.2) is 5.78 Å². The number of benzene rings is 2. The number of nitrogens with one attached hydrogen (secondary N) is 1. The van der Waals surface area contributed by atoms with Crippen LogP contribution in [0.1, 0.15) is 28.7 Å². The van der Waals surface area contributed by atoms with Gasteiger partial charge in [-0.05, 0) is 65.4 Å². The molecule has 2 aromatic rings. The Kier molecular flexibility index (Phi) is 6.58. The molecule has 4 nitrogen and oxygen atoms in total. The Morgan fingerprint density at radius 2 is 2.04 bits per heavy atom. The molecule has 0 spiro atoms. The first-order valence-electron chi connectivity index (χ1n) is 9.17. The molecule has 0 radical (unpaired) electrons. The fraction of sp³-hybridized carbons (Fsp3) is 0.261. The number of hydrogen-bond acceptors (Lipinski definition) is 4. The molecule has 2 N–H and O–H groups in total. The van der Waals surface area contributed by atoms with Gasteiger partial charge in [-0.1, -0.05) is 42.5 Å². The summed E-state index contributed by atoms with van der Waals surface area (Å²) in [5.41, 5.74) is 6.20. The molecule has 0 saturated carbocycles. The fourth-order valence-electron chi connectivity index (χ4n) is 3.18. The Hall–Kier alpha value is -2.69. The Morgan fingerprint density at radius 1 is 1.22 bits per heavy atom. The minimum absolute atomic E-state index is 0.291. The van der Waals surface area contributed by atoms with E-state index in [1.807, 2.05) is 30.3 Å². The van der Waals surface area contributed by atoms with Crippen LogP contribution in [0, 0.1) is 0 Å². The van der Waals surface area contributed by atoms with Crippen LogP contribution in [0.25, 0.3) is 11.6 Å². The lowest BCUT2D eigenvalue weighted by Crippen LogP contribution is -2.14. The monoisotopic (exact) mass is 363 g/mol. The summed E-state index contributed by atoms with van der Waals surface area (Å²) in [6.45, 7) is 1.26. The third kappa shape index (κ3) is 5.16. The van der Waals surface area contributed by atoms with Crippen LogP contribution in [0.5, 0.6) is 5.75 Å². The molecule has 1 aliphatic rings. The summed E-state index contributed by atoms with van der Waals surface area (Å²) in [5.74, 6) is 0.616. The maximum Gasteiger partial charge on any atom is 0.181 e. The smallest absolute Gasteiger partial charge is 0.181 e. The first-order valence-corrected chi connectivity index (χ1v) is 9.17. The van der Waals surface area contributed by atoms with E-state index in [9.17, 15) is 4.79 Å². The van der Waals surface area contributed by atoms with Crippen LogP contribution in [0.3, 0.4) is 0 Å². The molecule has 0 atom stereocenters. The van der Waals surface area contributed by atoms with E-state index < -0.39 is 6.61 Å². The van der Waals surface area contributed by atoms with E-state index in [1.54, 1.807) is 13.2 Å². The molecule has 2 aromatic carbocycles. The summed E-state index contributed by atoms with van der Waals surface area (Å²) in [6, 6.07) is 14.3. The Balaban J connectivity index is 1.46. The van der Waals surface area contributed by atoms with Gasteiger partial charge in [-0.3, -0.25) is 4.79 Å². The number of fused-ring (bicyclic) bond motifs is 1. The van der Waals surface area contributed by atoms with Gasteiger partial charge in [0.1, 0.15) is 12.4 Å².